The molecule has 0 atom stereocenters. The maximum Gasteiger partial charge on any atom is 0.311 e. The highest BCUT2D eigenvalue weighted by Gasteiger charge is 2.11. The third-order valence-electron chi connectivity index (χ3n) is 4.45. The summed E-state index contributed by atoms with van der Waals surface area (Å²) in [5.41, 5.74) is 2.33. The van der Waals surface area contributed by atoms with Crippen LogP contribution in [0.5, 0.6) is 11.5 Å². The molecule has 0 heterocycles. The first-order valence-corrected chi connectivity index (χ1v) is 10.8. The van der Waals surface area contributed by atoms with Crippen LogP contribution in [-0.2, 0) is 4.79 Å². The summed E-state index contributed by atoms with van der Waals surface area (Å²) in [4.78, 5) is 12.0. The van der Waals surface area contributed by atoms with Crippen molar-refractivity contribution in [1.29, 1.82) is 0 Å². The highest BCUT2D eigenvalue weighted by Crippen LogP contribution is 2.34. The van der Waals surface area contributed by atoms with Crippen molar-refractivity contribution in [1.82, 2.24) is 0 Å². The molecule has 3 nitrogen and oxygen atoms in total. The van der Waals surface area contributed by atoms with Crippen LogP contribution in [0.4, 0.5) is 0 Å². The zero-order valence-electron chi connectivity index (χ0n) is 16.2. The van der Waals surface area contributed by atoms with Gasteiger partial charge in [-0.15, -0.1) is 0 Å². The maximum atomic E-state index is 12.0. The highest BCUT2D eigenvalue weighted by molar-refractivity contribution is 6.43. The standard InChI is InChI=1S/C24H21Cl3O3/c25-20-15-22(27)23(16-21(20)26)30-24(28)9-5-2-6-14-29-19-12-10-18(11-13-19)17-7-3-1-4-8-17/h1,3-4,7-8,10-13,15-16H,2,5-6,9,14H2. The molecule has 0 amide bonds. The van der Waals surface area contributed by atoms with Gasteiger partial charge in [0.05, 0.1) is 21.7 Å². The summed E-state index contributed by atoms with van der Waals surface area (Å²) >= 11 is 17.8. The Morgan fingerprint density at radius 2 is 1.40 bits per heavy atom. The van der Waals surface area contributed by atoms with E-state index >= 15 is 0 Å². The van der Waals surface area contributed by atoms with E-state index in [2.05, 4.69) is 24.3 Å². The van der Waals surface area contributed by atoms with Crippen LogP contribution in [0.2, 0.25) is 15.1 Å². The van der Waals surface area contributed by atoms with Gasteiger partial charge in [0.2, 0.25) is 0 Å². The highest BCUT2D eigenvalue weighted by atomic mass is 35.5. The molecule has 0 aliphatic heterocycles. The molecular formula is C24H21Cl3O3. The van der Waals surface area contributed by atoms with Crippen LogP contribution in [0.1, 0.15) is 25.7 Å². The van der Waals surface area contributed by atoms with Gasteiger partial charge in [0.1, 0.15) is 5.75 Å². The van der Waals surface area contributed by atoms with Crippen molar-refractivity contribution in [3.05, 3.63) is 81.8 Å². The van der Waals surface area contributed by atoms with E-state index in [-0.39, 0.29) is 21.8 Å². The second-order valence-electron chi connectivity index (χ2n) is 6.72. The lowest BCUT2D eigenvalue weighted by Gasteiger charge is -2.09. The number of hydrogen-bond donors (Lipinski definition) is 0. The third-order valence-corrected chi connectivity index (χ3v) is 5.47. The van der Waals surface area contributed by atoms with Crippen molar-refractivity contribution in [3.63, 3.8) is 0 Å². The largest absolute Gasteiger partial charge is 0.494 e. The molecule has 0 spiro atoms. The minimum atomic E-state index is -0.354. The number of unbranched alkanes of at least 4 members (excludes halogenated alkanes) is 2. The lowest BCUT2D eigenvalue weighted by Crippen LogP contribution is -2.08. The first-order valence-electron chi connectivity index (χ1n) is 9.66. The van der Waals surface area contributed by atoms with E-state index < -0.39 is 0 Å². The number of esters is 1. The molecule has 0 saturated carbocycles. The van der Waals surface area contributed by atoms with E-state index in [0.29, 0.717) is 24.5 Å². The monoisotopic (exact) mass is 462 g/mol. The summed E-state index contributed by atoms with van der Waals surface area (Å²) in [6.45, 7) is 0.596. The Bertz CT molecular complexity index is 973. The molecule has 0 unspecified atom stereocenters. The summed E-state index contributed by atoms with van der Waals surface area (Å²) in [5.74, 6) is 0.703. The van der Waals surface area contributed by atoms with Crippen LogP contribution in [0, 0.1) is 0 Å². The van der Waals surface area contributed by atoms with Gasteiger partial charge in [-0.25, -0.2) is 0 Å². The SMILES string of the molecule is O=C(CCCCCOc1ccc(-c2ccccc2)cc1)Oc1cc(Cl)c(Cl)cc1Cl. The van der Waals surface area contributed by atoms with Gasteiger partial charge < -0.3 is 9.47 Å². The second-order valence-corrected chi connectivity index (χ2v) is 7.94. The molecule has 3 rings (SSSR count). The molecular weight excluding hydrogens is 443 g/mol. The lowest BCUT2D eigenvalue weighted by molar-refractivity contribution is -0.134. The summed E-state index contributed by atoms with van der Waals surface area (Å²) in [5, 5.41) is 0.860. The molecule has 3 aromatic rings. The lowest BCUT2D eigenvalue weighted by atomic mass is 10.1. The number of carbonyl (C=O) groups is 1. The smallest absolute Gasteiger partial charge is 0.311 e. The van der Waals surface area contributed by atoms with E-state index in [1.165, 1.54) is 17.7 Å². The Balaban J connectivity index is 1.34. The molecule has 0 aliphatic carbocycles. The van der Waals surface area contributed by atoms with Crippen LogP contribution in [-0.4, -0.2) is 12.6 Å². The molecule has 30 heavy (non-hydrogen) atoms. The van der Waals surface area contributed by atoms with E-state index in [1.54, 1.807) is 0 Å². The summed E-state index contributed by atoms with van der Waals surface area (Å²) in [6, 6.07) is 21.2. The van der Waals surface area contributed by atoms with Gasteiger partial charge in [-0.3, -0.25) is 4.79 Å². The minimum absolute atomic E-state index is 0.221. The van der Waals surface area contributed by atoms with Gasteiger partial charge in [-0.05, 0) is 48.6 Å². The Morgan fingerprint density at radius 1 is 0.733 bits per heavy atom. The fraction of sp³-hybridized carbons (Fsp3) is 0.208. The topological polar surface area (TPSA) is 35.5 Å². The fourth-order valence-corrected chi connectivity index (χ4v) is 3.44. The molecule has 156 valence electrons. The normalized spacial score (nSPS) is 10.6. The van der Waals surface area contributed by atoms with Crippen molar-refractivity contribution in [2.45, 2.75) is 25.7 Å². The maximum absolute atomic E-state index is 12.0. The summed E-state index contributed by atoms with van der Waals surface area (Å²) in [6.07, 6.45) is 2.70. The van der Waals surface area contributed by atoms with Crippen molar-refractivity contribution < 1.29 is 14.3 Å². The first kappa shape index (κ1) is 22.5. The van der Waals surface area contributed by atoms with E-state index in [4.69, 9.17) is 44.3 Å². The van der Waals surface area contributed by atoms with Crippen LogP contribution in [0.25, 0.3) is 11.1 Å². The molecule has 0 fully saturated rings. The Hall–Kier alpha value is -2.20. The number of rotatable bonds is 9. The molecule has 0 aromatic heterocycles. The fourth-order valence-electron chi connectivity index (χ4n) is 2.87. The van der Waals surface area contributed by atoms with Crippen LogP contribution in [0.15, 0.2) is 66.7 Å². The first-order chi connectivity index (χ1) is 14.5. The number of benzene rings is 3. The molecule has 0 aliphatic rings. The number of ether oxygens (including phenoxy) is 2. The quantitative estimate of drug-likeness (QED) is 0.140. The van der Waals surface area contributed by atoms with Crippen LogP contribution < -0.4 is 9.47 Å². The Kier molecular flexibility index (Phi) is 8.44. The average Bonchev–Trinajstić information content (AvgIpc) is 2.75. The van der Waals surface area contributed by atoms with E-state index in [0.717, 1.165) is 24.2 Å². The van der Waals surface area contributed by atoms with Gasteiger partial charge in [-0.2, -0.15) is 0 Å². The second kappa shape index (κ2) is 11.3. The van der Waals surface area contributed by atoms with Gasteiger partial charge in [-0.1, -0.05) is 77.3 Å². The number of hydrogen-bond acceptors (Lipinski definition) is 3. The summed E-state index contributed by atoms with van der Waals surface area (Å²) < 4.78 is 11.0. The molecule has 0 radical (unpaired) electrons. The molecule has 6 heteroatoms. The predicted octanol–water partition coefficient (Wildman–Crippen LogP) is 7.86. The van der Waals surface area contributed by atoms with Crippen LogP contribution >= 0.6 is 34.8 Å². The molecule has 0 bridgehead atoms. The van der Waals surface area contributed by atoms with Gasteiger partial charge in [0, 0.05) is 12.5 Å². The van der Waals surface area contributed by atoms with Crippen molar-refractivity contribution >= 4 is 40.8 Å². The average molecular weight is 464 g/mol. The van der Waals surface area contributed by atoms with E-state index in [1.807, 2.05) is 30.3 Å². The zero-order valence-corrected chi connectivity index (χ0v) is 18.5. The van der Waals surface area contributed by atoms with Crippen molar-refractivity contribution in [2.75, 3.05) is 6.61 Å². The Morgan fingerprint density at radius 3 is 2.13 bits per heavy atom. The van der Waals surface area contributed by atoms with Crippen molar-refractivity contribution in [3.8, 4) is 22.6 Å². The van der Waals surface area contributed by atoms with Gasteiger partial charge >= 0.3 is 5.97 Å². The predicted molar refractivity (Wildman–Crippen MR) is 123 cm³/mol. The molecule has 3 aromatic carbocycles. The number of halogens is 3. The van der Waals surface area contributed by atoms with E-state index in [9.17, 15) is 4.79 Å². The summed E-state index contributed by atoms with van der Waals surface area (Å²) in [7, 11) is 0. The van der Waals surface area contributed by atoms with Gasteiger partial charge in [0.25, 0.3) is 0 Å². The van der Waals surface area contributed by atoms with Crippen LogP contribution in [0.3, 0.4) is 0 Å². The molecule has 0 N–H and O–H groups in total. The third kappa shape index (κ3) is 6.66. The van der Waals surface area contributed by atoms with Crippen molar-refractivity contribution in [2.24, 2.45) is 0 Å². The number of carbonyl (C=O) groups excluding carboxylic acids is 1. The Labute approximate surface area is 191 Å². The zero-order chi connectivity index (χ0) is 21.3. The van der Waals surface area contributed by atoms with Gasteiger partial charge in [0.15, 0.2) is 5.75 Å². The minimum Gasteiger partial charge on any atom is -0.494 e. The molecule has 0 saturated heterocycles.